The van der Waals surface area contributed by atoms with Crippen LogP contribution in [0.15, 0.2) is 24.3 Å². The van der Waals surface area contributed by atoms with Crippen LogP contribution >= 0.6 is 0 Å². The van der Waals surface area contributed by atoms with Gasteiger partial charge in [0.15, 0.2) is 0 Å². The third-order valence-corrected chi connectivity index (χ3v) is 7.20. The van der Waals surface area contributed by atoms with Gasteiger partial charge >= 0.3 is 12.2 Å². The van der Waals surface area contributed by atoms with Crippen molar-refractivity contribution in [1.29, 1.82) is 0 Å². The van der Waals surface area contributed by atoms with Gasteiger partial charge in [0.25, 0.3) is 0 Å². The quantitative estimate of drug-likeness (QED) is 0.633. The summed E-state index contributed by atoms with van der Waals surface area (Å²) in [6, 6.07) is 2.81. The number of hydrogen-bond donors (Lipinski definition) is 2. The van der Waals surface area contributed by atoms with Crippen molar-refractivity contribution in [2.75, 3.05) is 38.1 Å². The molecule has 2 N–H and O–H groups in total. The fourth-order valence-electron chi connectivity index (χ4n) is 5.12. The zero-order valence-electron chi connectivity index (χ0n) is 20.2. The minimum absolute atomic E-state index is 0.00227. The number of carbonyl (C=O) groups excluding carboxylic acids is 3. The zero-order valence-corrected chi connectivity index (χ0v) is 20.2. The molecule has 8 nitrogen and oxygen atoms in total. The minimum atomic E-state index is -4.46. The summed E-state index contributed by atoms with van der Waals surface area (Å²) in [5.41, 5.74) is -0.591. The highest BCUT2D eigenvalue weighted by atomic mass is 19.4. The van der Waals surface area contributed by atoms with Gasteiger partial charge in [-0.15, -0.1) is 0 Å². The SMILES string of the molecule is O=C(NCC1CCCO1)C1CN(C(=O)Nc2ccc(C(F)(F)F)cc2)CCN1C(=O)C1CCCCC1. The van der Waals surface area contributed by atoms with E-state index in [1.807, 2.05) is 0 Å². The van der Waals surface area contributed by atoms with Gasteiger partial charge in [-0.05, 0) is 49.9 Å². The summed E-state index contributed by atoms with van der Waals surface area (Å²) in [4.78, 5) is 42.4. The van der Waals surface area contributed by atoms with Crippen molar-refractivity contribution in [3.05, 3.63) is 29.8 Å². The molecule has 1 aliphatic carbocycles. The number of piperazine rings is 1. The monoisotopic (exact) mass is 510 g/mol. The van der Waals surface area contributed by atoms with Crippen molar-refractivity contribution in [3.8, 4) is 0 Å². The second kappa shape index (κ2) is 11.5. The highest BCUT2D eigenvalue weighted by molar-refractivity contribution is 5.92. The first-order valence-corrected chi connectivity index (χ1v) is 12.7. The molecule has 4 rings (SSSR count). The number of urea groups is 1. The molecule has 2 aliphatic heterocycles. The van der Waals surface area contributed by atoms with E-state index in [1.165, 1.54) is 17.0 Å². The van der Waals surface area contributed by atoms with Gasteiger partial charge < -0.3 is 25.2 Å². The first-order valence-electron chi connectivity index (χ1n) is 12.7. The largest absolute Gasteiger partial charge is 0.416 e. The molecule has 0 radical (unpaired) electrons. The summed E-state index contributed by atoms with van der Waals surface area (Å²) in [6.45, 7) is 1.45. The van der Waals surface area contributed by atoms with Gasteiger partial charge in [-0.2, -0.15) is 13.2 Å². The van der Waals surface area contributed by atoms with Gasteiger partial charge in [0, 0.05) is 37.8 Å². The molecule has 2 atom stereocenters. The van der Waals surface area contributed by atoms with Gasteiger partial charge in [0.05, 0.1) is 18.2 Å². The Morgan fingerprint density at radius 3 is 2.33 bits per heavy atom. The molecule has 3 aliphatic rings. The normalized spacial score (nSPS) is 23.4. The van der Waals surface area contributed by atoms with Crippen LogP contribution in [0, 0.1) is 5.92 Å². The molecule has 0 spiro atoms. The van der Waals surface area contributed by atoms with Crippen molar-refractivity contribution in [2.45, 2.75) is 63.3 Å². The standard InChI is InChI=1S/C25H33F3N4O4/c26-25(27,28)18-8-10-19(11-9-18)30-24(35)31-12-13-32(23(34)17-5-2-1-3-6-17)21(16-31)22(33)29-15-20-7-4-14-36-20/h8-11,17,20-21H,1-7,12-16H2,(H,29,33)(H,30,35). The molecule has 198 valence electrons. The number of rotatable bonds is 5. The third-order valence-electron chi connectivity index (χ3n) is 7.20. The lowest BCUT2D eigenvalue weighted by Gasteiger charge is -2.42. The van der Waals surface area contributed by atoms with Crippen LogP contribution in [0.4, 0.5) is 23.7 Å². The second-order valence-corrected chi connectivity index (χ2v) is 9.71. The first-order chi connectivity index (χ1) is 17.2. The van der Waals surface area contributed by atoms with E-state index >= 15 is 0 Å². The van der Waals surface area contributed by atoms with Crippen LogP contribution in [0.1, 0.15) is 50.5 Å². The summed E-state index contributed by atoms with van der Waals surface area (Å²) in [5.74, 6) is -0.490. The molecule has 11 heteroatoms. The van der Waals surface area contributed by atoms with Crippen LogP contribution in [0.25, 0.3) is 0 Å². The fraction of sp³-hybridized carbons (Fsp3) is 0.640. The molecule has 3 fully saturated rings. The summed E-state index contributed by atoms with van der Waals surface area (Å²) in [6.07, 6.45) is 1.96. The Morgan fingerprint density at radius 1 is 0.972 bits per heavy atom. The number of carbonyl (C=O) groups is 3. The molecule has 2 saturated heterocycles. The maximum atomic E-state index is 13.3. The number of benzene rings is 1. The Morgan fingerprint density at radius 2 is 1.69 bits per heavy atom. The average molecular weight is 511 g/mol. The lowest BCUT2D eigenvalue weighted by Crippen LogP contribution is -2.63. The van der Waals surface area contributed by atoms with E-state index in [9.17, 15) is 27.6 Å². The molecule has 1 aromatic rings. The molecule has 1 aromatic carbocycles. The van der Waals surface area contributed by atoms with Crippen LogP contribution in [0.5, 0.6) is 0 Å². The van der Waals surface area contributed by atoms with E-state index in [4.69, 9.17) is 4.74 Å². The number of anilines is 1. The van der Waals surface area contributed by atoms with Crippen LogP contribution in [-0.2, 0) is 20.5 Å². The number of alkyl halides is 3. The van der Waals surface area contributed by atoms with E-state index in [0.717, 1.165) is 57.1 Å². The van der Waals surface area contributed by atoms with Gasteiger partial charge in [0.1, 0.15) is 6.04 Å². The van der Waals surface area contributed by atoms with E-state index < -0.39 is 23.8 Å². The van der Waals surface area contributed by atoms with Crippen LogP contribution in [0.2, 0.25) is 0 Å². The molecular formula is C25H33F3N4O4. The number of nitrogens with zero attached hydrogens (tertiary/aromatic N) is 2. The van der Waals surface area contributed by atoms with E-state index in [0.29, 0.717) is 13.2 Å². The van der Waals surface area contributed by atoms with Crippen molar-refractivity contribution in [2.24, 2.45) is 5.92 Å². The van der Waals surface area contributed by atoms with Crippen molar-refractivity contribution in [1.82, 2.24) is 15.1 Å². The number of halogens is 3. The molecule has 2 heterocycles. The van der Waals surface area contributed by atoms with Gasteiger partial charge in [-0.1, -0.05) is 19.3 Å². The zero-order chi connectivity index (χ0) is 25.7. The molecular weight excluding hydrogens is 477 g/mol. The molecule has 4 amide bonds. The van der Waals surface area contributed by atoms with Gasteiger partial charge in [-0.3, -0.25) is 9.59 Å². The molecule has 0 aromatic heterocycles. The third kappa shape index (κ3) is 6.48. The predicted octanol–water partition coefficient (Wildman–Crippen LogP) is 3.63. The maximum Gasteiger partial charge on any atom is 0.416 e. The van der Waals surface area contributed by atoms with E-state index in [1.54, 1.807) is 4.90 Å². The summed E-state index contributed by atoms with van der Waals surface area (Å²) in [7, 11) is 0. The molecule has 1 saturated carbocycles. The molecule has 0 bridgehead atoms. The maximum absolute atomic E-state index is 13.3. The van der Waals surface area contributed by atoms with Gasteiger partial charge in [-0.25, -0.2) is 4.79 Å². The van der Waals surface area contributed by atoms with Crippen molar-refractivity contribution in [3.63, 3.8) is 0 Å². The van der Waals surface area contributed by atoms with Crippen molar-refractivity contribution >= 4 is 23.5 Å². The highest BCUT2D eigenvalue weighted by Crippen LogP contribution is 2.30. The number of ether oxygens (including phenoxy) is 1. The molecule has 36 heavy (non-hydrogen) atoms. The molecule has 2 unspecified atom stereocenters. The summed E-state index contributed by atoms with van der Waals surface area (Å²) < 4.78 is 44.0. The number of hydrogen-bond acceptors (Lipinski definition) is 4. The summed E-state index contributed by atoms with van der Waals surface area (Å²) >= 11 is 0. The Bertz CT molecular complexity index is 928. The topological polar surface area (TPSA) is 91.0 Å². The second-order valence-electron chi connectivity index (χ2n) is 9.71. The van der Waals surface area contributed by atoms with Crippen LogP contribution in [-0.4, -0.2) is 72.6 Å². The Kier molecular flexibility index (Phi) is 8.38. The smallest absolute Gasteiger partial charge is 0.376 e. The van der Waals surface area contributed by atoms with Crippen molar-refractivity contribution < 1.29 is 32.3 Å². The van der Waals surface area contributed by atoms with Crippen LogP contribution < -0.4 is 10.6 Å². The van der Waals surface area contributed by atoms with E-state index in [2.05, 4.69) is 10.6 Å². The Hall–Kier alpha value is -2.82. The van der Waals surface area contributed by atoms with E-state index in [-0.39, 0.29) is 49.2 Å². The Labute approximate surface area is 208 Å². The fourth-order valence-corrected chi connectivity index (χ4v) is 5.12. The predicted molar refractivity (Wildman–Crippen MR) is 126 cm³/mol. The Balaban J connectivity index is 1.42. The average Bonchev–Trinajstić information content (AvgIpc) is 3.40. The number of nitrogens with one attached hydrogen (secondary N) is 2. The minimum Gasteiger partial charge on any atom is -0.376 e. The van der Waals surface area contributed by atoms with Crippen LogP contribution in [0.3, 0.4) is 0 Å². The van der Waals surface area contributed by atoms with Gasteiger partial charge in [0.2, 0.25) is 11.8 Å². The highest BCUT2D eigenvalue weighted by Gasteiger charge is 2.39. The lowest BCUT2D eigenvalue weighted by atomic mass is 9.87. The summed E-state index contributed by atoms with van der Waals surface area (Å²) in [5, 5.41) is 5.49. The number of amides is 4. The first kappa shape index (κ1) is 26.2. The lowest BCUT2D eigenvalue weighted by molar-refractivity contribution is -0.147.